The number of methoxy groups -OCH3 is 1. The van der Waals surface area contributed by atoms with E-state index in [2.05, 4.69) is 27.2 Å². The standard InChI is InChI=1S/C25H26F3N5O2S/c1-5-36-16-8-6-15(7-9-16)12-29-23(34)33-13-24(2,3)20-18(33)11-10-17(32-20)19-21(25(26,27)28)30-14-31-22(19)35-4/h6-11,14H,5,12-13H2,1-4H3,(H,29,34). The van der Waals surface area contributed by atoms with Crippen LogP contribution in [0.4, 0.5) is 23.7 Å². The molecule has 1 aromatic carbocycles. The van der Waals surface area contributed by atoms with Crippen LogP contribution in [0.1, 0.15) is 37.7 Å². The summed E-state index contributed by atoms with van der Waals surface area (Å²) < 4.78 is 46.2. The van der Waals surface area contributed by atoms with Gasteiger partial charge in [0.2, 0.25) is 5.88 Å². The van der Waals surface area contributed by atoms with Crippen LogP contribution < -0.4 is 15.0 Å². The van der Waals surface area contributed by atoms with Gasteiger partial charge in [0.1, 0.15) is 6.33 Å². The van der Waals surface area contributed by atoms with Crippen molar-refractivity contribution < 1.29 is 22.7 Å². The number of aromatic nitrogens is 3. The number of nitrogens with zero attached hydrogens (tertiary/aromatic N) is 4. The molecule has 1 aliphatic rings. The summed E-state index contributed by atoms with van der Waals surface area (Å²) in [4.78, 5) is 27.6. The lowest BCUT2D eigenvalue weighted by molar-refractivity contribution is -0.140. The number of carbonyl (C=O) groups excluding carboxylic acids is 1. The van der Waals surface area contributed by atoms with Gasteiger partial charge in [-0.1, -0.05) is 32.9 Å². The van der Waals surface area contributed by atoms with Crippen LogP contribution in [0.3, 0.4) is 0 Å². The second-order valence-corrected chi connectivity index (χ2v) is 10.2. The third kappa shape index (κ3) is 5.11. The van der Waals surface area contributed by atoms with Gasteiger partial charge in [-0.3, -0.25) is 4.90 Å². The maximum Gasteiger partial charge on any atom is 0.434 e. The third-order valence-electron chi connectivity index (χ3n) is 5.81. The van der Waals surface area contributed by atoms with Gasteiger partial charge in [0.05, 0.1) is 29.7 Å². The van der Waals surface area contributed by atoms with Crippen molar-refractivity contribution in [2.45, 2.75) is 43.8 Å². The number of pyridine rings is 1. The molecule has 0 aliphatic carbocycles. The molecule has 0 saturated carbocycles. The van der Waals surface area contributed by atoms with Gasteiger partial charge in [0.25, 0.3) is 0 Å². The highest BCUT2D eigenvalue weighted by Gasteiger charge is 2.42. The first kappa shape index (κ1) is 25.7. The summed E-state index contributed by atoms with van der Waals surface area (Å²) in [5, 5.41) is 2.93. The Balaban J connectivity index is 1.61. The highest BCUT2D eigenvalue weighted by atomic mass is 32.2. The Morgan fingerprint density at radius 2 is 1.89 bits per heavy atom. The summed E-state index contributed by atoms with van der Waals surface area (Å²) in [5.74, 6) is 0.760. The zero-order valence-corrected chi connectivity index (χ0v) is 21.1. The fourth-order valence-electron chi connectivity index (χ4n) is 4.16. The van der Waals surface area contributed by atoms with Crippen LogP contribution in [0.25, 0.3) is 11.3 Å². The molecular weight excluding hydrogens is 491 g/mol. The lowest BCUT2D eigenvalue weighted by Crippen LogP contribution is -2.41. The van der Waals surface area contributed by atoms with Crippen molar-refractivity contribution in [3.63, 3.8) is 0 Å². The smallest absolute Gasteiger partial charge is 0.434 e. The molecule has 11 heteroatoms. The van der Waals surface area contributed by atoms with E-state index >= 15 is 0 Å². The van der Waals surface area contributed by atoms with Gasteiger partial charge in [-0.25, -0.2) is 19.7 Å². The van der Waals surface area contributed by atoms with Crippen molar-refractivity contribution in [2.24, 2.45) is 0 Å². The SMILES string of the molecule is CCSc1ccc(CNC(=O)N2CC(C)(C)c3nc(-c4c(OC)ncnc4C(F)(F)F)ccc32)cc1. The number of halogens is 3. The zero-order valence-electron chi connectivity index (χ0n) is 20.3. The first-order valence-corrected chi connectivity index (χ1v) is 12.3. The molecule has 36 heavy (non-hydrogen) atoms. The van der Waals surface area contributed by atoms with Gasteiger partial charge in [-0.05, 0) is 35.6 Å². The number of amides is 2. The zero-order chi connectivity index (χ0) is 26.1. The van der Waals surface area contributed by atoms with Gasteiger partial charge in [-0.2, -0.15) is 13.2 Å². The van der Waals surface area contributed by atoms with Crippen molar-refractivity contribution >= 4 is 23.5 Å². The Labute approximate surface area is 211 Å². The Morgan fingerprint density at radius 1 is 1.17 bits per heavy atom. The Hall–Kier alpha value is -3.34. The van der Waals surface area contributed by atoms with E-state index in [1.54, 1.807) is 22.7 Å². The molecule has 0 bridgehead atoms. The fourth-order valence-corrected chi connectivity index (χ4v) is 4.82. The Kier molecular flexibility index (Phi) is 7.12. The maximum absolute atomic E-state index is 13.7. The lowest BCUT2D eigenvalue weighted by atomic mass is 9.91. The summed E-state index contributed by atoms with van der Waals surface area (Å²) in [6.07, 6.45) is -3.91. The summed E-state index contributed by atoms with van der Waals surface area (Å²) in [6, 6.07) is 10.7. The predicted molar refractivity (Wildman–Crippen MR) is 132 cm³/mol. The van der Waals surface area contributed by atoms with Crippen molar-refractivity contribution in [3.8, 4) is 17.1 Å². The minimum atomic E-state index is -4.72. The van der Waals surface area contributed by atoms with Gasteiger partial charge in [-0.15, -0.1) is 11.8 Å². The van der Waals surface area contributed by atoms with Crippen LogP contribution in [0.5, 0.6) is 5.88 Å². The van der Waals surface area contributed by atoms with E-state index in [0.29, 0.717) is 24.5 Å². The lowest BCUT2D eigenvalue weighted by Gasteiger charge is -2.20. The second-order valence-electron chi connectivity index (χ2n) is 8.87. The molecule has 2 amide bonds. The van der Waals surface area contributed by atoms with Crippen LogP contribution >= 0.6 is 11.8 Å². The van der Waals surface area contributed by atoms with E-state index in [1.165, 1.54) is 18.1 Å². The van der Waals surface area contributed by atoms with E-state index in [1.807, 2.05) is 38.1 Å². The van der Waals surface area contributed by atoms with Crippen molar-refractivity contribution in [2.75, 3.05) is 24.3 Å². The topological polar surface area (TPSA) is 80.2 Å². The summed E-state index contributed by atoms with van der Waals surface area (Å²) in [7, 11) is 1.24. The van der Waals surface area contributed by atoms with Crippen LogP contribution in [0, 0.1) is 0 Å². The molecule has 1 N–H and O–H groups in total. The first-order valence-electron chi connectivity index (χ1n) is 11.3. The number of thioether (sulfide) groups is 1. The van der Waals surface area contributed by atoms with Crippen molar-refractivity contribution in [1.82, 2.24) is 20.3 Å². The van der Waals surface area contributed by atoms with E-state index in [-0.39, 0.29) is 23.2 Å². The van der Waals surface area contributed by atoms with Gasteiger partial charge >= 0.3 is 12.2 Å². The number of alkyl halides is 3. The number of carbonyl (C=O) groups is 1. The van der Waals surface area contributed by atoms with Crippen LogP contribution in [0.2, 0.25) is 0 Å². The molecule has 2 aromatic heterocycles. The number of hydrogen-bond acceptors (Lipinski definition) is 6. The van der Waals surface area contributed by atoms with E-state index < -0.39 is 17.3 Å². The number of anilines is 1. The molecule has 3 aromatic rings. The largest absolute Gasteiger partial charge is 0.480 e. The number of fused-ring (bicyclic) bond motifs is 1. The molecule has 4 rings (SSSR count). The average Bonchev–Trinajstić information content (AvgIpc) is 3.12. The number of urea groups is 1. The number of rotatable bonds is 6. The van der Waals surface area contributed by atoms with Crippen LogP contribution in [-0.2, 0) is 18.1 Å². The van der Waals surface area contributed by atoms with Gasteiger partial charge in [0, 0.05) is 23.4 Å². The third-order valence-corrected chi connectivity index (χ3v) is 6.71. The monoisotopic (exact) mass is 517 g/mol. The minimum absolute atomic E-state index is 0.0268. The number of ether oxygens (including phenoxy) is 1. The average molecular weight is 518 g/mol. The molecule has 7 nitrogen and oxygen atoms in total. The Bertz CT molecular complexity index is 1270. The van der Waals surface area contributed by atoms with Crippen molar-refractivity contribution in [1.29, 1.82) is 0 Å². The highest BCUT2D eigenvalue weighted by Crippen LogP contribution is 2.43. The maximum atomic E-state index is 13.7. The fraction of sp³-hybridized carbons (Fsp3) is 0.360. The molecule has 0 unspecified atom stereocenters. The van der Waals surface area contributed by atoms with Crippen LogP contribution in [0.15, 0.2) is 47.6 Å². The molecule has 190 valence electrons. The predicted octanol–water partition coefficient (Wildman–Crippen LogP) is 5.69. The van der Waals surface area contributed by atoms with E-state index in [0.717, 1.165) is 17.6 Å². The molecule has 0 fully saturated rings. The highest BCUT2D eigenvalue weighted by molar-refractivity contribution is 7.99. The second kappa shape index (κ2) is 9.96. The molecule has 0 spiro atoms. The van der Waals surface area contributed by atoms with Crippen molar-refractivity contribution in [3.05, 3.63) is 59.7 Å². The van der Waals surface area contributed by atoms with Gasteiger partial charge in [0.15, 0.2) is 5.69 Å². The normalized spacial score (nSPS) is 14.5. The summed E-state index contributed by atoms with van der Waals surface area (Å²) >= 11 is 1.74. The Morgan fingerprint density at radius 3 is 2.53 bits per heavy atom. The number of benzene rings is 1. The summed E-state index contributed by atoms with van der Waals surface area (Å²) in [6.45, 7) is 6.55. The summed E-state index contributed by atoms with van der Waals surface area (Å²) in [5.41, 5.74) is -0.0152. The number of hydrogen-bond donors (Lipinski definition) is 1. The van der Waals surface area contributed by atoms with E-state index in [9.17, 15) is 18.0 Å². The molecular formula is C25H26F3N5O2S. The molecule has 0 saturated heterocycles. The molecule has 0 atom stereocenters. The first-order chi connectivity index (χ1) is 17.0. The molecule has 0 radical (unpaired) electrons. The van der Waals surface area contributed by atoms with Crippen LogP contribution in [-0.4, -0.2) is 40.4 Å². The molecule has 3 heterocycles. The number of nitrogens with one attached hydrogen (secondary N) is 1. The van der Waals surface area contributed by atoms with Gasteiger partial charge < -0.3 is 10.1 Å². The minimum Gasteiger partial charge on any atom is -0.480 e. The molecule has 1 aliphatic heterocycles. The van der Waals surface area contributed by atoms with E-state index in [4.69, 9.17) is 4.74 Å². The quantitative estimate of drug-likeness (QED) is 0.424.